The summed E-state index contributed by atoms with van der Waals surface area (Å²) in [5.74, 6) is -2.48. The zero-order valence-corrected chi connectivity index (χ0v) is 13.6. The Balaban J connectivity index is 1.75. The first-order valence-electron chi connectivity index (χ1n) is 7.98. The maximum absolute atomic E-state index is 13.3. The minimum atomic E-state index is -1.48. The lowest BCUT2D eigenvalue weighted by molar-refractivity contribution is -0.142. The zero-order chi connectivity index (χ0) is 18.7. The van der Waals surface area contributed by atoms with Crippen molar-refractivity contribution in [1.82, 2.24) is 10.3 Å². The molecule has 4 N–H and O–H groups in total. The summed E-state index contributed by atoms with van der Waals surface area (Å²) in [7, 11) is 0. The Hall–Kier alpha value is -3.19. The third-order valence-corrected chi connectivity index (χ3v) is 4.05. The van der Waals surface area contributed by atoms with Crippen molar-refractivity contribution in [3.05, 3.63) is 71.7 Å². The molecule has 134 valence electrons. The Morgan fingerprint density at radius 1 is 1.12 bits per heavy atom. The van der Waals surface area contributed by atoms with Gasteiger partial charge in [-0.25, -0.2) is 9.18 Å². The summed E-state index contributed by atoms with van der Waals surface area (Å²) in [4.78, 5) is 26.6. The highest BCUT2D eigenvalue weighted by molar-refractivity contribution is 5.99. The Morgan fingerprint density at radius 2 is 1.85 bits per heavy atom. The number of rotatable bonds is 6. The summed E-state index contributed by atoms with van der Waals surface area (Å²) < 4.78 is 13.3. The first-order valence-corrected chi connectivity index (χ1v) is 7.98. The third kappa shape index (κ3) is 3.89. The summed E-state index contributed by atoms with van der Waals surface area (Å²) >= 11 is 0. The number of hydrogen-bond acceptors (Lipinski definition) is 3. The number of H-pyrrole nitrogens is 1. The molecule has 1 amide bonds. The van der Waals surface area contributed by atoms with Gasteiger partial charge in [0, 0.05) is 17.3 Å². The molecule has 7 heteroatoms. The van der Waals surface area contributed by atoms with Crippen molar-refractivity contribution in [3.63, 3.8) is 0 Å². The molecule has 3 rings (SSSR count). The molecule has 0 unspecified atom stereocenters. The number of carboxylic acid groups (broad SMARTS) is 1. The standard InChI is InChI=1S/C19H17FN2O4/c20-13-6-7-14-12(9-13)10-15(21-14)18(24)22-17(19(25)26)16(23)8-11-4-2-1-3-5-11/h1-7,9-10,16-17,21,23H,8H2,(H,22,24)(H,25,26)/t16-,17-/m1/s1. The van der Waals surface area contributed by atoms with Gasteiger partial charge in [0.2, 0.25) is 0 Å². The van der Waals surface area contributed by atoms with Gasteiger partial charge in [0.1, 0.15) is 11.5 Å². The highest BCUT2D eigenvalue weighted by atomic mass is 19.1. The van der Waals surface area contributed by atoms with E-state index in [2.05, 4.69) is 10.3 Å². The molecule has 0 aliphatic heterocycles. The van der Waals surface area contributed by atoms with Gasteiger partial charge in [0.05, 0.1) is 6.10 Å². The van der Waals surface area contributed by atoms with E-state index in [-0.39, 0.29) is 12.1 Å². The minimum Gasteiger partial charge on any atom is -0.480 e. The second-order valence-electron chi connectivity index (χ2n) is 5.96. The molecule has 0 spiro atoms. The lowest BCUT2D eigenvalue weighted by Gasteiger charge is -2.20. The van der Waals surface area contributed by atoms with Gasteiger partial charge in [-0.3, -0.25) is 4.79 Å². The van der Waals surface area contributed by atoms with E-state index in [1.807, 2.05) is 6.07 Å². The molecule has 0 aliphatic carbocycles. The van der Waals surface area contributed by atoms with Gasteiger partial charge in [-0.15, -0.1) is 0 Å². The van der Waals surface area contributed by atoms with Crippen molar-refractivity contribution in [2.75, 3.05) is 0 Å². The van der Waals surface area contributed by atoms with Crippen LogP contribution >= 0.6 is 0 Å². The number of fused-ring (bicyclic) bond motifs is 1. The molecule has 0 aliphatic rings. The molecule has 6 nitrogen and oxygen atoms in total. The van der Waals surface area contributed by atoms with Crippen LogP contribution in [0, 0.1) is 5.82 Å². The Labute approximate surface area is 148 Å². The summed E-state index contributed by atoms with van der Waals surface area (Å²) in [5.41, 5.74) is 1.39. The maximum Gasteiger partial charge on any atom is 0.328 e. The van der Waals surface area contributed by atoms with E-state index in [4.69, 9.17) is 0 Å². The molecule has 2 aromatic carbocycles. The Kier molecular flexibility index (Phi) is 4.99. The van der Waals surface area contributed by atoms with E-state index in [0.29, 0.717) is 10.9 Å². The molecule has 0 radical (unpaired) electrons. The Bertz CT molecular complexity index is 939. The van der Waals surface area contributed by atoms with Gasteiger partial charge in [-0.2, -0.15) is 0 Å². The van der Waals surface area contributed by atoms with Crippen molar-refractivity contribution >= 4 is 22.8 Å². The number of aliphatic hydroxyl groups is 1. The normalized spacial score (nSPS) is 13.3. The molecular formula is C19H17FN2O4. The Morgan fingerprint density at radius 3 is 2.54 bits per heavy atom. The van der Waals surface area contributed by atoms with Gasteiger partial charge in [0.15, 0.2) is 6.04 Å². The summed E-state index contributed by atoms with van der Waals surface area (Å²) in [6.45, 7) is 0. The van der Waals surface area contributed by atoms with Crippen molar-refractivity contribution < 1.29 is 24.2 Å². The van der Waals surface area contributed by atoms with Crippen LogP contribution < -0.4 is 5.32 Å². The summed E-state index contributed by atoms with van der Waals surface area (Å²) in [5, 5.41) is 22.4. The number of aromatic amines is 1. The van der Waals surface area contributed by atoms with Gasteiger partial charge in [-0.05, 0) is 29.8 Å². The molecule has 0 bridgehead atoms. The average molecular weight is 356 g/mol. The van der Waals surface area contributed by atoms with Crippen molar-refractivity contribution in [3.8, 4) is 0 Å². The summed E-state index contributed by atoms with van der Waals surface area (Å²) in [6.07, 6.45) is -1.23. The first kappa shape index (κ1) is 17.6. The maximum atomic E-state index is 13.3. The molecule has 1 aromatic heterocycles. The van der Waals surface area contributed by atoms with Crippen LogP contribution in [0.15, 0.2) is 54.6 Å². The predicted molar refractivity (Wildman–Crippen MR) is 93.3 cm³/mol. The fraction of sp³-hybridized carbons (Fsp3) is 0.158. The molecule has 0 saturated heterocycles. The lowest BCUT2D eigenvalue weighted by Crippen LogP contribution is -2.49. The molecule has 0 fully saturated rings. The number of halogens is 1. The molecule has 0 saturated carbocycles. The molecule has 2 atom stereocenters. The minimum absolute atomic E-state index is 0.0794. The van der Waals surface area contributed by atoms with E-state index >= 15 is 0 Å². The van der Waals surface area contributed by atoms with Crippen molar-refractivity contribution in [2.45, 2.75) is 18.6 Å². The fourth-order valence-electron chi connectivity index (χ4n) is 2.74. The molecule has 26 heavy (non-hydrogen) atoms. The van der Waals surface area contributed by atoms with E-state index in [1.165, 1.54) is 24.3 Å². The summed E-state index contributed by atoms with van der Waals surface area (Å²) in [6, 6.07) is 12.8. The van der Waals surface area contributed by atoms with Gasteiger partial charge in [0.25, 0.3) is 5.91 Å². The molecule has 1 heterocycles. The van der Waals surface area contributed by atoms with Crippen LogP contribution in [-0.2, 0) is 11.2 Å². The number of aliphatic hydroxyl groups excluding tert-OH is 1. The second kappa shape index (κ2) is 7.37. The van der Waals surface area contributed by atoms with Gasteiger partial charge in [-0.1, -0.05) is 30.3 Å². The molecular weight excluding hydrogens is 339 g/mol. The average Bonchev–Trinajstić information content (AvgIpc) is 3.03. The zero-order valence-electron chi connectivity index (χ0n) is 13.6. The third-order valence-electron chi connectivity index (χ3n) is 4.05. The number of carboxylic acids is 1. The van der Waals surface area contributed by atoms with Gasteiger partial charge >= 0.3 is 5.97 Å². The number of amides is 1. The SMILES string of the molecule is O=C(N[C@@H](C(=O)O)[C@H](O)Cc1ccccc1)c1cc2cc(F)ccc2[nH]1. The number of nitrogens with one attached hydrogen (secondary N) is 2. The van der Waals surface area contributed by atoms with E-state index in [0.717, 1.165) is 5.56 Å². The van der Waals surface area contributed by atoms with E-state index in [1.54, 1.807) is 24.3 Å². The van der Waals surface area contributed by atoms with Crippen LogP contribution in [0.1, 0.15) is 16.1 Å². The highest BCUT2D eigenvalue weighted by Gasteiger charge is 2.29. The smallest absolute Gasteiger partial charge is 0.328 e. The number of carbonyl (C=O) groups excluding carboxylic acids is 1. The van der Waals surface area contributed by atoms with Crippen LogP contribution in [0.3, 0.4) is 0 Å². The van der Waals surface area contributed by atoms with E-state index < -0.39 is 29.8 Å². The largest absolute Gasteiger partial charge is 0.480 e. The van der Waals surface area contributed by atoms with Crippen LogP contribution in [0.4, 0.5) is 4.39 Å². The van der Waals surface area contributed by atoms with Crippen LogP contribution in [0.25, 0.3) is 10.9 Å². The van der Waals surface area contributed by atoms with Gasteiger partial charge < -0.3 is 20.5 Å². The number of carbonyl (C=O) groups is 2. The number of aromatic nitrogens is 1. The van der Waals surface area contributed by atoms with Crippen LogP contribution in [-0.4, -0.2) is 39.2 Å². The lowest BCUT2D eigenvalue weighted by atomic mass is 10.0. The quantitative estimate of drug-likeness (QED) is 0.543. The first-order chi connectivity index (χ1) is 12.4. The van der Waals surface area contributed by atoms with Crippen LogP contribution in [0.2, 0.25) is 0 Å². The second-order valence-corrected chi connectivity index (χ2v) is 5.96. The monoisotopic (exact) mass is 356 g/mol. The predicted octanol–water partition coefficient (Wildman–Crippen LogP) is 2.09. The molecule has 3 aromatic rings. The van der Waals surface area contributed by atoms with Crippen molar-refractivity contribution in [2.24, 2.45) is 0 Å². The van der Waals surface area contributed by atoms with Crippen molar-refractivity contribution in [1.29, 1.82) is 0 Å². The van der Waals surface area contributed by atoms with Crippen LogP contribution in [0.5, 0.6) is 0 Å². The number of benzene rings is 2. The highest BCUT2D eigenvalue weighted by Crippen LogP contribution is 2.17. The fourth-order valence-corrected chi connectivity index (χ4v) is 2.74. The topological polar surface area (TPSA) is 102 Å². The number of hydrogen-bond donors (Lipinski definition) is 4. The van der Waals surface area contributed by atoms with E-state index in [9.17, 15) is 24.2 Å². The number of aliphatic carboxylic acids is 1.